The molecule has 10 nitrogen and oxygen atoms in total. The fourth-order valence-electron chi connectivity index (χ4n) is 3.06. The maximum atomic E-state index is 13.1. The first-order chi connectivity index (χ1) is 16.6. The van der Waals surface area contributed by atoms with E-state index < -0.39 is 24.9 Å². The maximum absolute atomic E-state index is 13.1. The minimum absolute atomic E-state index is 0. The minimum atomic E-state index is -4.50. The zero-order valence-corrected chi connectivity index (χ0v) is 21.7. The summed E-state index contributed by atoms with van der Waals surface area (Å²) in [7, 11) is -8.61. The summed E-state index contributed by atoms with van der Waals surface area (Å²) in [5.74, 6) is 0.150. The van der Waals surface area contributed by atoms with Gasteiger partial charge in [0.25, 0.3) is 0 Å². The number of nitrogens with zero attached hydrogens (tertiary/aromatic N) is 1. The molecule has 0 heterocycles. The zero-order chi connectivity index (χ0) is 25.5. The van der Waals surface area contributed by atoms with Crippen LogP contribution >= 0.6 is 12.4 Å². The van der Waals surface area contributed by atoms with Crippen LogP contribution in [0.2, 0.25) is 0 Å². The van der Waals surface area contributed by atoms with Crippen LogP contribution in [0, 0.1) is 6.92 Å². The first-order valence-corrected chi connectivity index (χ1v) is 13.3. The highest BCUT2D eigenvalue weighted by molar-refractivity contribution is 7.93. The maximum Gasteiger partial charge on any atom is 0.340 e. The quantitative estimate of drug-likeness (QED) is 0.119. The van der Waals surface area contributed by atoms with Crippen LogP contribution in [0.3, 0.4) is 0 Å². The zero-order valence-electron chi connectivity index (χ0n) is 19.2. The Morgan fingerprint density at radius 1 is 0.833 bits per heavy atom. The van der Waals surface area contributed by atoms with E-state index in [0.29, 0.717) is 17.7 Å². The molecule has 13 heteroatoms. The van der Waals surface area contributed by atoms with Gasteiger partial charge in [0.2, 0.25) is 15.8 Å². The summed E-state index contributed by atoms with van der Waals surface area (Å²) in [6, 6.07) is 17.5. The molecule has 0 atom stereocenters. The van der Waals surface area contributed by atoms with Crippen molar-refractivity contribution in [3.05, 3.63) is 78.4 Å². The Balaban J connectivity index is 0.00000456. The van der Waals surface area contributed by atoms with Gasteiger partial charge in [-0.2, -0.15) is 8.42 Å². The molecule has 3 aromatic rings. The van der Waals surface area contributed by atoms with E-state index in [2.05, 4.69) is 5.16 Å². The molecule has 0 bridgehead atoms. The highest BCUT2D eigenvalue weighted by Gasteiger charge is 2.29. The molecule has 3 aromatic carbocycles. The van der Waals surface area contributed by atoms with Gasteiger partial charge in [-0.15, -0.1) is 12.4 Å². The third-order valence-corrected chi connectivity index (χ3v) is 7.77. The largest absolute Gasteiger partial charge is 0.493 e. The molecule has 4 N–H and O–H groups in total. The lowest BCUT2D eigenvalue weighted by atomic mass is 10.2. The molecule has 0 radical (unpaired) electrons. The number of ether oxygens (including phenoxy) is 1. The SMILES string of the molecule is Cc1cc(OCCCON=C(N)N)cc(OS(=O)(=O)c2ccccc2S(=O)(=O)c2ccccc2)c1.Cl. The van der Waals surface area contributed by atoms with Crippen molar-refractivity contribution in [2.45, 2.75) is 28.0 Å². The summed E-state index contributed by atoms with van der Waals surface area (Å²) in [6.07, 6.45) is 0.462. The Hall–Kier alpha value is -3.48. The van der Waals surface area contributed by atoms with E-state index in [4.69, 9.17) is 25.2 Å². The molecule has 0 aliphatic heterocycles. The van der Waals surface area contributed by atoms with Gasteiger partial charge in [0.15, 0.2) is 0 Å². The van der Waals surface area contributed by atoms with Crippen LogP contribution in [-0.2, 0) is 24.8 Å². The average Bonchev–Trinajstić information content (AvgIpc) is 2.81. The van der Waals surface area contributed by atoms with Gasteiger partial charge in [-0.25, -0.2) is 8.42 Å². The Morgan fingerprint density at radius 2 is 1.44 bits per heavy atom. The average molecular weight is 556 g/mol. The number of benzene rings is 3. The van der Waals surface area contributed by atoms with E-state index in [1.807, 2.05) is 0 Å². The molecule has 0 amide bonds. The number of halogens is 1. The molecule has 0 saturated carbocycles. The van der Waals surface area contributed by atoms with Crippen molar-refractivity contribution < 1.29 is 30.6 Å². The van der Waals surface area contributed by atoms with Crippen LogP contribution in [0.1, 0.15) is 12.0 Å². The van der Waals surface area contributed by atoms with E-state index >= 15 is 0 Å². The second kappa shape index (κ2) is 12.5. The first-order valence-electron chi connectivity index (χ1n) is 10.4. The summed E-state index contributed by atoms with van der Waals surface area (Å²) in [6.45, 7) is 2.20. The molecule has 0 spiro atoms. The third-order valence-electron chi connectivity index (χ3n) is 4.51. The van der Waals surface area contributed by atoms with Gasteiger partial charge in [-0.05, 0) is 54.0 Å². The number of hydrogen-bond acceptors (Lipinski definition) is 8. The highest BCUT2D eigenvalue weighted by atomic mass is 35.5. The number of aryl methyl sites for hydroxylation is 1. The van der Waals surface area contributed by atoms with Gasteiger partial charge in [0, 0.05) is 12.5 Å². The molecular weight excluding hydrogens is 530 g/mol. The molecular formula is C23H26ClN3O7S2. The molecule has 0 saturated heterocycles. The van der Waals surface area contributed by atoms with Gasteiger partial charge in [0.05, 0.1) is 16.4 Å². The minimum Gasteiger partial charge on any atom is -0.493 e. The van der Waals surface area contributed by atoms with Crippen LogP contribution in [0.25, 0.3) is 0 Å². The van der Waals surface area contributed by atoms with E-state index in [0.717, 1.165) is 0 Å². The second-order valence-corrected chi connectivity index (χ2v) is 10.8. The molecule has 0 aromatic heterocycles. The lowest BCUT2D eigenvalue weighted by Crippen LogP contribution is -2.23. The van der Waals surface area contributed by atoms with Crippen molar-refractivity contribution >= 4 is 38.3 Å². The summed E-state index contributed by atoms with van der Waals surface area (Å²) < 4.78 is 63.4. The molecule has 194 valence electrons. The van der Waals surface area contributed by atoms with Gasteiger partial charge < -0.3 is 25.2 Å². The predicted molar refractivity (Wildman–Crippen MR) is 136 cm³/mol. The van der Waals surface area contributed by atoms with Crippen molar-refractivity contribution in [2.24, 2.45) is 16.6 Å². The molecule has 36 heavy (non-hydrogen) atoms. The monoisotopic (exact) mass is 555 g/mol. The van der Waals surface area contributed by atoms with Crippen molar-refractivity contribution in [2.75, 3.05) is 13.2 Å². The Bertz CT molecular complexity index is 1410. The van der Waals surface area contributed by atoms with Crippen LogP contribution in [0.15, 0.2) is 92.6 Å². The van der Waals surface area contributed by atoms with Gasteiger partial charge in [-0.1, -0.05) is 30.3 Å². The van der Waals surface area contributed by atoms with Crippen LogP contribution in [0.4, 0.5) is 0 Å². The fourth-order valence-corrected chi connectivity index (χ4v) is 6.05. The summed E-state index contributed by atoms with van der Waals surface area (Å²) in [5, 5.41) is 3.40. The van der Waals surface area contributed by atoms with E-state index in [9.17, 15) is 16.8 Å². The van der Waals surface area contributed by atoms with Gasteiger partial charge in [-0.3, -0.25) is 0 Å². The van der Waals surface area contributed by atoms with Crippen molar-refractivity contribution in [1.29, 1.82) is 0 Å². The van der Waals surface area contributed by atoms with Crippen molar-refractivity contribution in [3.63, 3.8) is 0 Å². The van der Waals surface area contributed by atoms with Crippen LogP contribution < -0.4 is 20.4 Å². The molecule has 0 aliphatic rings. The topological polar surface area (TPSA) is 160 Å². The molecule has 3 rings (SSSR count). The Kier molecular flexibility index (Phi) is 9.96. The normalized spacial score (nSPS) is 11.1. The van der Waals surface area contributed by atoms with Crippen LogP contribution in [0.5, 0.6) is 11.5 Å². The predicted octanol–water partition coefficient (Wildman–Crippen LogP) is 2.99. The molecule has 0 unspecified atom stereocenters. The summed E-state index contributed by atoms with van der Waals surface area (Å²) in [4.78, 5) is 3.99. The standard InChI is InChI=1S/C23H25N3O7S2.ClH/c1-17-14-18(31-12-7-13-32-26-23(24)25)16-19(15-17)33-35(29,30)22-11-6-5-10-21(22)34(27,28)20-8-3-2-4-9-20;/h2-6,8-11,14-16H,7,12-13H2,1H3,(H4,24,25,26);1H. The number of hydrogen-bond donors (Lipinski definition) is 2. The molecule has 0 aliphatic carbocycles. The van der Waals surface area contributed by atoms with Gasteiger partial charge >= 0.3 is 10.1 Å². The second-order valence-electron chi connectivity index (χ2n) is 7.33. The van der Waals surface area contributed by atoms with Crippen molar-refractivity contribution in [3.8, 4) is 11.5 Å². The number of rotatable bonds is 11. The smallest absolute Gasteiger partial charge is 0.340 e. The van der Waals surface area contributed by atoms with E-state index in [1.165, 1.54) is 48.5 Å². The van der Waals surface area contributed by atoms with E-state index in [-0.39, 0.29) is 47.1 Å². The fraction of sp³-hybridized carbons (Fsp3) is 0.174. The van der Waals surface area contributed by atoms with Crippen LogP contribution in [-0.4, -0.2) is 36.0 Å². The number of nitrogens with two attached hydrogens (primary N) is 2. The number of guanidine groups is 1. The lowest BCUT2D eigenvalue weighted by molar-refractivity contribution is 0.127. The number of oxime groups is 1. The van der Waals surface area contributed by atoms with Crippen molar-refractivity contribution in [1.82, 2.24) is 0 Å². The number of sulfone groups is 1. The Labute approximate surface area is 216 Å². The van der Waals surface area contributed by atoms with Gasteiger partial charge in [0.1, 0.15) is 23.0 Å². The molecule has 0 fully saturated rings. The van der Waals surface area contributed by atoms with E-state index in [1.54, 1.807) is 31.2 Å². The Morgan fingerprint density at radius 3 is 2.11 bits per heavy atom. The summed E-state index contributed by atoms with van der Waals surface area (Å²) >= 11 is 0. The first kappa shape index (κ1) is 28.8. The third kappa shape index (κ3) is 7.51. The summed E-state index contributed by atoms with van der Waals surface area (Å²) in [5.41, 5.74) is 11.0. The lowest BCUT2D eigenvalue weighted by Gasteiger charge is -2.13. The highest BCUT2D eigenvalue weighted by Crippen LogP contribution is 2.30.